The molecule has 1 heterocycles. The first kappa shape index (κ1) is 15.3. The number of hydrogen-bond donors (Lipinski definition) is 1. The fraction of sp³-hybridized carbons (Fsp3) is 0.688. The molecule has 1 atom stereocenters. The predicted molar refractivity (Wildman–Crippen MR) is 81.1 cm³/mol. The van der Waals surface area contributed by atoms with Gasteiger partial charge in [-0.25, -0.2) is 0 Å². The van der Waals surface area contributed by atoms with Crippen molar-refractivity contribution in [2.24, 2.45) is 5.92 Å². The Hall–Kier alpha value is -1.13. The van der Waals surface area contributed by atoms with Gasteiger partial charge < -0.3 is 14.6 Å². The molecule has 0 amide bonds. The maximum atomic E-state index is 12.1. The first-order valence-electron chi connectivity index (χ1n) is 7.61. The second-order valence-electron chi connectivity index (χ2n) is 5.93. The van der Waals surface area contributed by atoms with Gasteiger partial charge in [-0.05, 0) is 37.8 Å². The lowest BCUT2D eigenvalue weighted by Gasteiger charge is -2.27. The number of nitrogens with zero attached hydrogens (tertiary/aromatic N) is 1. The molecular weight excluding hydrogens is 252 g/mol. The molecule has 0 saturated carbocycles. The Morgan fingerprint density at radius 2 is 2.25 bits per heavy atom. The highest BCUT2D eigenvalue weighted by molar-refractivity contribution is 5.27. The lowest BCUT2D eigenvalue weighted by atomic mass is 9.91. The third-order valence-electron chi connectivity index (χ3n) is 3.87. The van der Waals surface area contributed by atoms with Crippen molar-refractivity contribution in [1.82, 2.24) is 9.88 Å². The van der Waals surface area contributed by atoms with Crippen molar-refractivity contribution in [3.8, 4) is 0 Å². The number of fused-ring (bicyclic) bond motifs is 1. The summed E-state index contributed by atoms with van der Waals surface area (Å²) in [5, 5.41) is 3.34. The molecule has 4 nitrogen and oxygen atoms in total. The number of ether oxygens (including phenoxy) is 1. The van der Waals surface area contributed by atoms with Crippen LogP contribution in [-0.4, -0.2) is 24.8 Å². The highest BCUT2D eigenvalue weighted by atomic mass is 16.5. The van der Waals surface area contributed by atoms with Crippen molar-refractivity contribution in [3.05, 3.63) is 33.7 Å². The van der Waals surface area contributed by atoms with E-state index in [4.69, 9.17) is 4.74 Å². The van der Waals surface area contributed by atoms with Crippen molar-refractivity contribution in [3.63, 3.8) is 0 Å². The zero-order chi connectivity index (χ0) is 14.5. The average Bonchev–Trinajstić information content (AvgIpc) is 2.44. The second kappa shape index (κ2) is 7.04. The summed E-state index contributed by atoms with van der Waals surface area (Å²) in [6.07, 6.45) is 3.27. The van der Waals surface area contributed by atoms with Crippen LogP contribution in [-0.2, 0) is 17.7 Å². The fourth-order valence-electron chi connectivity index (χ4n) is 2.88. The summed E-state index contributed by atoms with van der Waals surface area (Å²) < 4.78 is 7.52. The summed E-state index contributed by atoms with van der Waals surface area (Å²) in [7, 11) is 1.99. The third kappa shape index (κ3) is 3.49. The topological polar surface area (TPSA) is 43.3 Å². The van der Waals surface area contributed by atoms with Crippen molar-refractivity contribution >= 4 is 0 Å². The summed E-state index contributed by atoms with van der Waals surface area (Å²) in [6, 6.07) is 4.06. The molecule has 0 saturated heterocycles. The van der Waals surface area contributed by atoms with Gasteiger partial charge in [0, 0.05) is 31.0 Å². The van der Waals surface area contributed by atoms with Gasteiger partial charge >= 0.3 is 0 Å². The normalized spacial score (nSPS) is 18.3. The van der Waals surface area contributed by atoms with E-state index in [1.165, 1.54) is 11.3 Å². The highest BCUT2D eigenvalue weighted by Gasteiger charge is 2.21. The van der Waals surface area contributed by atoms with E-state index in [0.29, 0.717) is 25.1 Å². The van der Waals surface area contributed by atoms with E-state index in [1.54, 1.807) is 6.07 Å². The monoisotopic (exact) mass is 278 g/mol. The Kier molecular flexibility index (Phi) is 5.38. The van der Waals surface area contributed by atoms with Crippen LogP contribution in [0.25, 0.3) is 0 Å². The first-order valence-corrected chi connectivity index (χ1v) is 7.61. The zero-order valence-corrected chi connectivity index (χ0v) is 12.8. The zero-order valence-electron chi connectivity index (χ0n) is 12.8. The lowest BCUT2D eigenvalue weighted by molar-refractivity contribution is 0.102. The Balaban J connectivity index is 2.13. The van der Waals surface area contributed by atoms with E-state index in [2.05, 4.69) is 19.2 Å². The molecule has 0 fully saturated rings. The summed E-state index contributed by atoms with van der Waals surface area (Å²) in [4.78, 5) is 12.1. The van der Waals surface area contributed by atoms with E-state index in [9.17, 15) is 4.79 Å². The Labute approximate surface area is 121 Å². The van der Waals surface area contributed by atoms with E-state index in [1.807, 2.05) is 17.7 Å². The van der Waals surface area contributed by atoms with Crippen LogP contribution in [0.3, 0.4) is 0 Å². The van der Waals surface area contributed by atoms with Crippen molar-refractivity contribution in [2.75, 3.05) is 20.3 Å². The number of aromatic nitrogens is 1. The minimum Gasteiger partial charge on any atom is -0.379 e. The maximum absolute atomic E-state index is 12.1. The average molecular weight is 278 g/mol. The molecule has 112 valence electrons. The van der Waals surface area contributed by atoms with Gasteiger partial charge in [0.15, 0.2) is 0 Å². The van der Waals surface area contributed by atoms with Crippen molar-refractivity contribution < 1.29 is 4.74 Å². The highest BCUT2D eigenvalue weighted by Crippen LogP contribution is 2.28. The van der Waals surface area contributed by atoms with Gasteiger partial charge in [0.2, 0.25) is 0 Å². The molecule has 0 aromatic carbocycles. The predicted octanol–water partition coefficient (Wildman–Crippen LogP) is 2.12. The largest absolute Gasteiger partial charge is 0.379 e. The molecule has 20 heavy (non-hydrogen) atoms. The van der Waals surface area contributed by atoms with Gasteiger partial charge in [-0.2, -0.15) is 0 Å². The molecule has 0 radical (unpaired) electrons. The van der Waals surface area contributed by atoms with Gasteiger partial charge in [-0.1, -0.05) is 19.9 Å². The molecule has 1 aromatic heterocycles. The van der Waals surface area contributed by atoms with Gasteiger partial charge in [0.1, 0.15) is 0 Å². The standard InChI is InChI=1S/C16H26N2O2/c1-12(2)11-20-10-9-18-15-6-4-5-14(17-3)13(15)7-8-16(18)19/h7-8,12,14,17H,4-6,9-11H2,1-3H3. The third-order valence-corrected chi connectivity index (χ3v) is 3.87. The summed E-state index contributed by atoms with van der Waals surface area (Å²) >= 11 is 0. The molecule has 1 unspecified atom stereocenters. The van der Waals surface area contributed by atoms with E-state index in [0.717, 1.165) is 25.9 Å². The number of hydrogen-bond acceptors (Lipinski definition) is 3. The molecular formula is C16H26N2O2. The van der Waals surface area contributed by atoms with Crippen molar-refractivity contribution in [1.29, 1.82) is 0 Å². The van der Waals surface area contributed by atoms with Crippen LogP contribution >= 0.6 is 0 Å². The van der Waals surface area contributed by atoms with Crippen LogP contribution in [0.4, 0.5) is 0 Å². The summed E-state index contributed by atoms with van der Waals surface area (Å²) in [6.45, 7) is 6.29. The quantitative estimate of drug-likeness (QED) is 0.811. The number of nitrogens with one attached hydrogen (secondary N) is 1. The minimum atomic E-state index is 0.0913. The second-order valence-corrected chi connectivity index (χ2v) is 5.93. The molecule has 2 rings (SSSR count). The molecule has 0 bridgehead atoms. The van der Waals surface area contributed by atoms with Crippen molar-refractivity contribution in [2.45, 2.75) is 45.7 Å². The Bertz CT molecular complexity index is 494. The van der Waals surface area contributed by atoms with E-state index in [-0.39, 0.29) is 5.56 Å². The van der Waals surface area contributed by atoms with Crippen LogP contribution < -0.4 is 10.9 Å². The molecule has 1 aromatic rings. The Morgan fingerprint density at radius 3 is 2.95 bits per heavy atom. The molecule has 0 spiro atoms. The first-order chi connectivity index (χ1) is 9.63. The molecule has 1 aliphatic rings. The van der Waals surface area contributed by atoms with Crippen LogP contribution in [0, 0.1) is 5.92 Å². The van der Waals surface area contributed by atoms with Crippen LogP contribution in [0.15, 0.2) is 16.9 Å². The SMILES string of the molecule is CNC1CCCc2c1ccc(=O)n2CCOCC(C)C. The molecule has 1 aliphatic carbocycles. The van der Waals surface area contributed by atoms with Crippen LogP contribution in [0.2, 0.25) is 0 Å². The molecule has 0 aliphatic heterocycles. The van der Waals surface area contributed by atoms with Gasteiger partial charge in [0.25, 0.3) is 5.56 Å². The minimum absolute atomic E-state index is 0.0913. The van der Waals surface area contributed by atoms with E-state index >= 15 is 0 Å². The Morgan fingerprint density at radius 1 is 1.45 bits per heavy atom. The van der Waals surface area contributed by atoms with E-state index < -0.39 is 0 Å². The summed E-state index contributed by atoms with van der Waals surface area (Å²) in [5.74, 6) is 0.532. The lowest BCUT2D eigenvalue weighted by Crippen LogP contribution is -2.31. The summed E-state index contributed by atoms with van der Waals surface area (Å²) in [5.41, 5.74) is 2.56. The van der Waals surface area contributed by atoms with Gasteiger partial charge in [0.05, 0.1) is 6.61 Å². The number of pyridine rings is 1. The maximum Gasteiger partial charge on any atom is 0.250 e. The van der Waals surface area contributed by atoms with Crippen LogP contribution in [0.1, 0.15) is 44.0 Å². The molecule has 4 heteroatoms. The van der Waals surface area contributed by atoms with Crippen LogP contribution in [0.5, 0.6) is 0 Å². The number of rotatable bonds is 6. The molecule has 1 N–H and O–H groups in total. The van der Waals surface area contributed by atoms with Gasteiger partial charge in [-0.3, -0.25) is 4.79 Å². The van der Waals surface area contributed by atoms with Gasteiger partial charge in [-0.15, -0.1) is 0 Å². The fourth-order valence-corrected chi connectivity index (χ4v) is 2.88. The smallest absolute Gasteiger partial charge is 0.250 e.